The van der Waals surface area contributed by atoms with Crippen LogP contribution >= 0.6 is 11.6 Å². The summed E-state index contributed by atoms with van der Waals surface area (Å²) in [5, 5.41) is 0.550. The number of nitrogens with two attached hydrogens (primary N) is 1. The highest BCUT2D eigenvalue weighted by molar-refractivity contribution is 6.30. The third kappa shape index (κ3) is 5.49. The van der Waals surface area contributed by atoms with E-state index in [9.17, 15) is 8.78 Å². The zero-order valence-corrected chi connectivity index (χ0v) is 23.2. The van der Waals surface area contributed by atoms with Gasteiger partial charge in [-0.25, -0.2) is 23.7 Å². The van der Waals surface area contributed by atoms with Gasteiger partial charge in [-0.15, -0.1) is 0 Å². The number of nitrogens with zero attached hydrogens (tertiary/aromatic N) is 5. The summed E-state index contributed by atoms with van der Waals surface area (Å²) < 4.78 is 36.5. The molecule has 0 spiro atoms. The van der Waals surface area contributed by atoms with Gasteiger partial charge in [-0.3, -0.25) is 0 Å². The van der Waals surface area contributed by atoms with Crippen LogP contribution in [0.15, 0.2) is 48.8 Å². The smallest absolute Gasteiger partial charge is 0.225 e. The van der Waals surface area contributed by atoms with Crippen molar-refractivity contribution < 1.29 is 13.5 Å². The molecule has 3 atom stereocenters. The van der Waals surface area contributed by atoms with Gasteiger partial charge in [-0.2, -0.15) is 0 Å². The van der Waals surface area contributed by atoms with Crippen molar-refractivity contribution in [3.05, 3.63) is 76.8 Å². The molecule has 2 aromatic carbocycles. The number of benzene rings is 2. The number of hydrogen-bond donors (Lipinski definition) is 1. The van der Waals surface area contributed by atoms with Gasteiger partial charge in [0.05, 0.1) is 35.1 Å². The Hall–Kier alpha value is -3.30. The van der Waals surface area contributed by atoms with Crippen LogP contribution in [0.5, 0.6) is 5.75 Å². The predicted octanol–water partition coefficient (Wildman–Crippen LogP) is 5.75. The van der Waals surface area contributed by atoms with E-state index in [0.717, 1.165) is 67.0 Å². The SMILES string of the molecule is C[C@H](CCOc1ccc2c(c1)nc1n2C[C@H](N)[C@@H](c2cc(F)ccc2F)C1)C1CCN(c2ncc(Cl)cn2)CC1. The Morgan fingerprint density at radius 1 is 1.10 bits per heavy atom. The number of imidazole rings is 1. The van der Waals surface area contributed by atoms with Gasteiger partial charge in [0.2, 0.25) is 5.95 Å². The molecule has 2 aliphatic heterocycles. The lowest BCUT2D eigenvalue weighted by Gasteiger charge is -2.34. The van der Waals surface area contributed by atoms with Gasteiger partial charge in [0.15, 0.2) is 0 Å². The molecule has 0 radical (unpaired) electrons. The Labute approximate surface area is 237 Å². The fourth-order valence-electron chi connectivity index (χ4n) is 6.17. The van der Waals surface area contributed by atoms with Crippen LogP contribution in [-0.4, -0.2) is 45.3 Å². The summed E-state index contributed by atoms with van der Waals surface area (Å²) in [6.45, 7) is 5.31. The Morgan fingerprint density at radius 2 is 1.88 bits per heavy atom. The van der Waals surface area contributed by atoms with Crippen molar-refractivity contribution in [2.24, 2.45) is 17.6 Å². The molecule has 210 valence electrons. The van der Waals surface area contributed by atoms with Crippen LogP contribution in [0.2, 0.25) is 5.02 Å². The Bertz CT molecular complexity index is 1490. The fraction of sp³-hybridized carbons (Fsp3) is 0.433. The number of aromatic nitrogens is 4. The molecule has 2 N–H and O–H groups in total. The maximum absolute atomic E-state index is 14.5. The van der Waals surface area contributed by atoms with Crippen molar-refractivity contribution in [3.8, 4) is 5.75 Å². The zero-order chi connectivity index (χ0) is 27.8. The number of rotatable bonds is 7. The number of fused-ring (bicyclic) bond motifs is 3. The molecule has 4 heterocycles. The van der Waals surface area contributed by atoms with Gasteiger partial charge in [0.25, 0.3) is 0 Å². The molecule has 40 heavy (non-hydrogen) atoms. The second kappa shape index (κ2) is 11.3. The number of piperidine rings is 1. The minimum absolute atomic E-state index is 0.313. The lowest BCUT2D eigenvalue weighted by Crippen LogP contribution is -2.39. The summed E-state index contributed by atoms with van der Waals surface area (Å²) in [6, 6.07) is 9.14. The first kappa shape index (κ1) is 26.9. The van der Waals surface area contributed by atoms with Crippen molar-refractivity contribution in [1.29, 1.82) is 0 Å². The van der Waals surface area contributed by atoms with E-state index in [1.54, 1.807) is 12.4 Å². The van der Waals surface area contributed by atoms with Crippen LogP contribution in [-0.2, 0) is 13.0 Å². The number of anilines is 1. The van der Waals surface area contributed by atoms with Gasteiger partial charge >= 0.3 is 0 Å². The number of ether oxygens (including phenoxy) is 1. The second-order valence-corrected chi connectivity index (χ2v) is 11.5. The summed E-state index contributed by atoms with van der Waals surface area (Å²) in [6.07, 6.45) is 6.91. The fourth-order valence-corrected chi connectivity index (χ4v) is 6.27. The van der Waals surface area contributed by atoms with E-state index in [2.05, 4.69) is 26.4 Å². The van der Waals surface area contributed by atoms with Gasteiger partial charge in [0, 0.05) is 44.1 Å². The average molecular weight is 567 g/mol. The molecule has 0 saturated carbocycles. The highest BCUT2D eigenvalue weighted by Crippen LogP contribution is 2.34. The monoisotopic (exact) mass is 566 g/mol. The van der Waals surface area contributed by atoms with E-state index in [-0.39, 0.29) is 12.0 Å². The van der Waals surface area contributed by atoms with Crippen LogP contribution in [0, 0.1) is 23.5 Å². The molecular formula is C30H33ClF2N6O. The normalized spacial score (nSPS) is 20.5. The molecule has 0 aliphatic carbocycles. The first-order valence-electron chi connectivity index (χ1n) is 13.9. The van der Waals surface area contributed by atoms with Crippen molar-refractivity contribution in [3.63, 3.8) is 0 Å². The van der Waals surface area contributed by atoms with Gasteiger partial charge in [-0.1, -0.05) is 18.5 Å². The van der Waals surface area contributed by atoms with Crippen LogP contribution in [0.4, 0.5) is 14.7 Å². The zero-order valence-electron chi connectivity index (χ0n) is 22.4. The van der Waals surface area contributed by atoms with Crippen LogP contribution < -0.4 is 15.4 Å². The molecule has 1 fully saturated rings. The van der Waals surface area contributed by atoms with Gasteiger partial charge in [-0.05, 0) is 67.0 Å². The Balaban J connectivity index is 1.05. The molecule has 1 saturated heterocycles. The molecule has 10 heteroatoms. The maximum Gasteiger partial charge on any atom is 0.225 e. The Kier molecular flexibility index (Phi) is 7.59. The van der Waals surface area contributed by atoms with E-state index >= 15 is 0 Å². The van der Waals surface area contributed by atoms with Crippen molar-refractivity contribution in [1.82, 2.24) is 19.5 Å². The van der Waals surface area contributed by atoms with Gasteiger partial charge in [0.1, 0.15) is 23.2 Å². The third-order valence-electron chi connectivity index (χ3n) is 8.54. The molecule has 2 aliphatic rings. The highest BCUT2D eigenvalue weighted by Gasteiger charge is 2.31. The van der Waals surface area contributed by atoms with E-state index in [1.807, 2.05) is 18.2 Å². The average Bonchev–Trinajstić information content (AvgIpc) is 3.31. The topological polar surface area (TPSA) is 82.1 Å². The van der Waals surface area contributed by atoms with Crippen LogP contribution in [0.1, 0.15) is 43.5 Å². The van der Waals surface area contributed by atoms with Crippen LogP contribution in [0.25, 0.3) is 11.0 Å². The van der Waals surface area contributed by atoms with E-state index in [4.69, 9.17) is 27.1 Å². The van der Waals surface area contributed by atoms with Gasteiger partial charge < -0.3 is 19.9 Å². The quantitative estimate of drug-likeness (QED) is 0.307. The summed E-state index contributed by atoms with van der Waals surface area (Å²) in [5.74, 6) is 2.30. The number of hydrogen-bond acceptors (Lipinski definition) is 6. The first-order valence-corrected chi connectivity index (χ1v) is 14.3. The largest absolute Gasteiger partial charge is 0.494 e. The molecule has 0 unspecified atom stereocenters. The molecular weight excluding hydrogens is 534 g/mol. The summed E-state index contributed by atoms with van der Waals surface area (Å²) in [5.41, 5.74) is 8.56. The van der Waals surface area contributed by atoms with E-state index < -0.39 is 11.6 Å². The highest BCUT2D eigenvalue weighted by atomic mass is 35.5. The standard InChI is InChI=1S/C30H33ClF2N6O/c1-18(19-6-9-38(10-7-19)30-35-15-20(31)16-36-30)8-11-40-22-3-5-28-27(13-22)37-29-14-24(26(34)17-39(28)29)23-12-21(32)2-4-25(23)33/h2-5,12-13,15-16,18-19,24,26H,6-11,14,17,34H2,1H3/t18-,24-,26+/m1/s1. The Morgan fingerprint density at radius 3 is 2.65 bits per heavy atom. The lowest BCUT2D eigenvalue weighted by atomic mass is 9.84. The summed E-state index contributed by atoms with van der Waals surface area (Å²) in [7, 11) is 0. The lowest BCUT2D eigenvalue weighted by molar-refractivity contribution is 0.222. The summed E-state index contributed by atoms with van der Waals surface area (Å²) in [4.78, 5) is 15.7. The minimum atomic E-state index is -0.461. The first-order chi connectivity index (χ1) is 19.4. The molecule has 2 aromatic heterocycles. The van der Waals surface area contributed by atoms with E-state index in [0.29, 0.717) is 42.0 Å². The molecule has 7 nitrogen and oxygen atoms in total. The molecule has 0 bridgehead atoms. The second-order valence-electron chi connectivity index (χ2n) is 11.1. The van der Waals surface area contributed by atoms with Crippen molar-refractivity contribution >= 4 is 28.6 Å². The van der Waals surface area contributed by atoms with Crippen molar-refractivity contribution in [2.75, 3.05) is 24.6 Å². The predicted molar refractivity (Wildman–Crippen MR) is 152 cm³/mol. The summed E-state index contributed by atoms with van der Waals surface area (Å²) >= 11 is 5.91. The van der Waals surface area contributed by atoms with Crippen LogP contribution in [0.3, 0.4) is 0 Å². The third-order valence-corrected chi connectivity index (χ3v) is 8.74. The van der Waals surface area contributed by atoms with Crippen molar-refractivity contribution in [2.45, 2.75) is 51.1 Å². The maximum atomic E-state index is 14.5. The molecule has 6 rings (SSSR count). The number of halogens is 3. The van der Waals surface area contributed by atoms with E-state index in [1.165, 1.54) is 12.1 Å². The molecule has 4 aromatic rings. The molecule has 0 amide bonds. The minimum Gasteiger partial charge on any atom is -0.494 e.